The zero-order valence-corrected chi connectivity index (χ0v) is 15.1. The Morgan fingerprint density at radius 2 is 1.57 bits per heavy atom. The van der Waals surface area contributed by atoms with Gasteiger partial charge in [-0.05, 0) is 54.5 Å². The third kappa shape index (κ3) is 4.51. The van der Waals surface area contributed by atoms with E-state index in [2.05, 4.69) is 82.4 Å². The maximum Gasteiger partial charge on any atom is 0.119 e. The van der Waals surface area contributed by atoms with Crippen LogP contribution in [0, 0.1) is 13.8 Å². The molecule has 0 saturated heterocycles. The van der Waals surface area contributed by atoms with E-state index in [0.717, 1.165) is 18.7 Å². The fourth-order valence-electron chi connectivity index (χ4n) is 2.64. The quantitative estimate of drug-likeness (QED) is 0.683. The number of aryl methyl sites for hydroxylation is 2. The SMILES string of the molecule is CCC(C)(C)c1ccc(OCCNc2c(C)cccc2C)cc1. The van der Waals surface area contributed by atoms with E-state index < -0.39 is 0 Å². The van der Waals surface area contributed by atoms with Gasteiger partial charge in [0.05, 0.1) is 0 Å². The molecule has 2 aromatic carbocycles. The van der Waals surface area contributed by atoms with E-state index in [4.69, 9.17) is 4.74 Å². The van der Waals surface area contributed by atoms with Gasteiger partial charge in [0.15, 0.2) is 0 Å². The second-order valence-electron chi connectivity index (χ2n) is 6.80. The Labute approximate surface area is 140 Å². The Morgan fingerprint density at radius 1 is 0.957 bits per heavy atom. The molecule has 0 radical (unpaired) electrons. The number of benzene rings is 2. The van der Waals surface area contributed by atoms with Gasteiger partial charge in [0.2, 0.25) is 0 Å². The third-order valence-electron chi connectivity index (χ3n) is 4.67. The molecular weight excluding hydrogens is 282 g/mol. The van der Waals surface area contributed by atoms with Gasteiger partial charge in [-0.2, -0.15) is 0 Å². The molecule has 0 saturated carbocycles. The van der Waals surface area contributed by atoms with Crippen molar-refractivity contribution in [3.8, 4) is 5.75 Å². The van der Waals surface area contributed by atoms with Gasteiger partial charge in [0.25, 0.3) is 0 Å². The van der Waals surface area contributed by atoms with E-state index in [0.29, 0.717) is 6.61 Å². The van der Waals surface area contributed by atoms with E-state index in [9.17, 15) is 0 Å². The molecule has 124 valence electrons. The highest BCUT2D eigenvalue weighted by atomic mass is 16.5. The van der Waals surface area contributed by atoms with Crippen molar-refractivity contribution >= 4 is 5.69 Å². The van der Waals surface area contributed by atoms with Crippen molar-refractivity contribution in [1.29, 1.82) is 0 Å². The molecule has 0 spiro atoms. The Balaban J connectivity index is 1.85. The molecule has 0 heterocycles. The van der Waals surface area contributed by atoms with Crippen molar-refractivity contribution in [1.82, 2.24) is 0 Å². The number of anilines is 1. The zero-order valence-electron chi connectivity index (χ0n) is 15.1. The highest BCUT2D eigenvalue weighted by Crippen LogP contribution is 2.28. The highest BCUT2D eigenvalue weighted by molar-refractivity contribution is 5.56. The smallest absolute Gasteiger partial charge is 0.119 e. The minimum Gasteiger partial charge on any atom is -0.492 e. The number of para-hydroxylation sites is 1. The summed E-state index contributed by atoms with van der Waals surface area (Å²) in [4.78, 5) is 0. The van der Waals surface area contributed by atoms with Crippen molar-refractivity contribution < 1.29 is 4.74 Å². The lowest BCUT2D eigenvalue weighted by atomic mass is 9.82. The molecule has 0 unspecified atom stereocenters. The molecule has 23 heavy (non-hydrogen) atoms. The second kappa shape index (κ2) is 7.54. The lowest BCUT2D eigenvalue weighted by Gasteiger charge is -2.23. The molecule has 0 aromatic heterocycles. The van der Waals surface area contributed by atoms with Crippen LogP contribution in [0.2, 0.25) is 0 Å². The fourth-order valence-corrected chi connectivity index (χ4v) is 2.64. The lowest BCUT2D eigenvalue weighted by Crippen LogP contribution is -2.15. The molecule has 2 aromatic rings. The van der Waals surface area contributed by atoms with Crippen LogP contribution in [0.5, 0.6) is 5.75 Å². The average molecular weight is 311 g/mol. The van der Waals surface area contributed by atoms with Gasteiger partial charge in [-0.3, -0.25) is 0 Å². The van der Waals surface area contributed by atoms with Gasteiger partial charge < -0.3 is 10.1 Å². The van der Waals surface area contributed by atoms with Gasteiger partial charge in [0, 0.05) is 12.2 Å². The third-order valence-corrected chi connectivity index (χ3v) is 4.67. The van der Waals surface area contributed by atoms with Crippen LogP contribution >= 0.6 is 0 Å². The van der Waals surface area contributed by atoms with Crippen molar-refractivity contribution in [3.63, 3.8) is 0 Å². The van der Waals surface area contributed by atoms with Crippen molar-refractivity contribution in [2.24, 2.45) is 0 Å². The first-order valence-electron chi connectivity index (χ1n) is 8.47. The molecule has 2 rings (SSSR count). The summed E-state index contributed by atoms with van der Waals surface area (Å²) in [6.45, 7) is 12.5. The van der Waals surface area contributed by atoms with Crippen LogP contribution in [-0.2, 0) is 5.41 Å². The molecule has 0 fully saturated rings. The highest BCUT2D eigenvalue weighted by Gasteiger charge is 2.17. The van der Waals surface area contributed by atoms with Crippen LogP contribution in [0.25, 0.3) is 0 Å². The minimum absolute atomic E-state index is 0.225. The van der Waals surface area contributed by atoms with Crippen molar-refractivity contribution in [3.05, 3.63) is 59.2 Å². The van der Waals surface area contributed by atoms with Gasteiger partial charge in [-0.15, -0.1) is 0 Å². The number of ether oxygens (including phenoxy) is 1. The summed E-state index contributed by atoms with van der Waals surface area (Å²) in [5.41, 5.74) is 5.35. The van der Waals surface area contributed by atoms with Crippen LogP contribution in [0.15, 0.2) is 42.5 Å². The minimum atomic E-state index is 0.225. The van der Waals surface area contributed by atoms with Crippen molar-refractivity contribution in [2.45, 2.75) is 46.5 Å². The van der Waals surface area contributed by atoms with E-state index in [1.165, 1.54) is 22.4 Å². The first-order valence-corrected chi connectivity index (χ1v) is 8.47. The summed E-state index contributed by atoms with van der Waals surface area (Å²) in [5.74, 6) is 0.934. The largest absolute Gasteiger partial charge is 0.492 e. The molecule has 0 aliphatic heterocycles. The van der Waals surface area contributed by atoms with E-state index in [1.807, 2.05) is 0 Å². The first-order chi connectivity index (χ1) is 10.9. The van der Waals surface area contributed by atoms with Crippen LogP contribution in [0.3, 0.4) is 0 Å². The Kier molecular flexibility index (Phi) is 5.70. The van der Waals surface area contributed by atoms with Crippen LogP contribution < -0.4 is 10.1 Å². The molecule has 0 amide bonds. The summed E-state index contributed by atoms with van der Waals surface area (Å²) in [7, 11) is 0. The fraction of sp³-hybridized carbons (Fsp3) is 0.429. The number of hydrogen-bond acceptors (Lipinski definition) is 2. The molecule has 0 atom stereocenters. The van der Waals surface area contributed by atoms with E-state index >= 15 is 0 Å². The first kappa shape index (κ1) is 17.4. The second-order valence-corrected chi connectivity index (χ2v) is 6.80. The maximum absolute atomic E-state index is 5.85. The molecule has 0 aliphatic rings. The summed E-state index contributed by atoms with van der Waals surface area (Å²) < 4.78 is 5.85. The molecular formula is C21H29NO. The molecule has 0 bridgehead atoms. The van der Waals surface area contributed by atoms with Gasteiger partial charge in [-0.1, -0.05) is 51.1 Å². The summed E-state index contributed by atoms with van der Waals surface area (Å²) >= 11 is 0. The predicted molar refractivity (Wildman–Crippen MR) is 99.7 cm³/mol. The summed E-state index contributed by atoms with van der Waals surface area (Å²) in [6.07, 6.45) is 1.13. The lowest BCUT2D eigenvalue weighted by molar-refractivity contribution is 0.332. The standard InChI is InChI=1S/C21H29NO/c1-6-21(4,5)18-10-12-19(13-11-18)23-15-14-22-20-16(2)8-7-9-17(20)3/h7-13,22H,6,14-15H2,1-5H3. The van der Waals surface area contributed by atoms with Crippen LogP contribution in [0.1, 0.15) is 43.9 Å². The summed E-state index contributed by atoms with van der Waals surface area (Å²) in [5, 5.41) is 3.47. The number of hydrogen-bond donors (Lipinski definition) is 1. The molecule has 0 aliphatic carbocycles. The van der Waals surface area contributed by atoms with Crippen LogP contribution in [0.4, 0.5) is 5.69 Å². The number of rotatable bonds is 7. The van der Waals surface area contributed by atoms with E-state index in [1.54, 1.807) is 0 Å². The Morgan fingerprint density at radius 3 is 2.13 bits per heavy atom. The van der Waals surface area contributed by atoms with Gasteiger partial charge in [-0.25, -0.2) is 0 Å². The van der Waals surface area contributed by atoms with Gasteiger partial charge >= 0.3 is 0 Å². The maximum atomic E-state index is 5.85. The normalized spacial score (nSPS) is 11.3. The average Bonchev–Trinajstić information content (AvgIpc) is 2.54. The van der Waals surface area contributed by atoms with E-state index in [-0.39, 0.29) is 5.41 Å². The van der Waals surface area contributed by atoms with Crippen LogP contribution in [-0.4, -0.2) is 13.2 Å². The molecule has 2 heteroatoms. The Hall–Kier alpha value is -1.96. The summed E-state index contributed by atoms with van der Waals surface area (Å²) in [6, 6.07) is 14.9. The predicted octanol–water partition coefficient (Wildman–Crippen LogP) is 5.48. The van der Waals surface area contributed by atoms with Crippen molar-refractivity contribution in [2.75, 3.05) is 18.5 Å². The Bertz CT molecular complexity index is 609. The number of nitrogens with one attached hydrogen (secondary N) is 1. The topological polar surface area (TPSA) is 21.3 Å². The molecule has 1 N–H and O–H groups in total. The molecule has 2 nitrogen and oxygen atoms in total. The van der Waals surface area contributed by atoms with Gasteiger partial charge in [0.1, 0.15) is 12.4 Å². The zero-order chi connectivity index (χ0) is 16.9. The monoisotopic (exact) mass is 311 g/mol.